The van der Waals surface area contributed by atoms with Gasteiger partial charge in [0, 0.05) is 56.3 Å². The smallest absolute Gasteiger partial charge is 0.419 e. The summed E-state index contributed by atoms with van der Waals surface area (Å²) in [4.78, 5) is 40.6. The van der Waals surface area contributed by atoms with Gasteiger partial charge in [-0.05, 0) is 50.8 Å². The molecule has 1 saturated heterocycles. The molecular formula is C29H39N7O4. The zero-order valence-electron chi connectivity index (χ0n) is 23.9. The number of hydrogen-bond acceptors (Lipinski definition) is 7. The zero-order chi connectivity index (χ0) is 28.9. The molecule has 0 saturated carbocycles. The fourth-order valence-electron chi connectivity index (χ4n) is 4.49. The van der Waals surface area contributed by atoms with Crippen molar-refractivity contribution in [3.63, 3.8) is 0 Å². The molecule has 3 amide bonds. The number of ether oxygens (including phenoxy) is 1. The molecule has 1 fully saturated rings. The van der Waals surface area contributed by atoms with Crippen molar-refractivity contribution in [2.45, 2.75) is 53.1 Å². The third-order valence-corrected chi connectivity index (χ3v) is 6.50. The van der Waals surface area contributed by atoms with Crippen LogP contribution in [-0.4, -0.2) is 76.0 Å². The van der Waals surface area contributed by atoms with E-state index in [0.29, 0.717) is 56.1 Å². The van der Waals surface area contributed by atoms with Gasteiger partial charge in [0.1, 0.15) is 5.60 Å². The standard InChI is InChI=1S/C29H39N7O4/c1-19(2)10-11-31-27(38)32-25-20(17-23(33-34-25)26(37)35-14-12-30-13-15-35)16-21-18-36(28(39)40-29(3,4)5)24-9-7-6-8-22(21)24/h6-9,17-19,30H,10-16H2,1-5H3,(H2,31,32,34,38). The highest BCUT2D eigenvalue weighted by Gasteiger charge is 2.24. The molecule has 0 aliphatic carbocycles. The number of rotatable bonds is 7. The predicted octanol–water partition coefficient (Wildman–Crippen LogP) is 4.02. The number of piperazine rings is 1. The third kappa shape index (κ3) is 7.35. The Morgan fingerprint density at radius 2 is 1.80 bits per heavy atom. The van der Waals surface area contributed by atoms with E-state index in [2.05, 4.69) is 40.0 Å². The lowest BCUT2D eigenvalue weighted by Crippen LogP contribution is -2.46. The van der Waals surface area contributed by atoms with Gasteiger partial charge >= 0.3 is 12.1 Å². The summed E-state index contributed by atoms with van der Waals surface area (Å²) >= 11 is 0. The largest absolute Gasteiger partial charge is 0.443 e. The van der Waals surface area contributed by atoms with E-state index < -0.39 is 17.7 Å². The number of urea groups is 1. The van der Waals surface area contributed by atoms with Gasteiger partial charge in [0.25, 0.3) is 5.91 Å². The monoisotopic (exact) mass is 549 g/mol. The molecule has 0 radical (unpaired) electrons. The molecule has 0 atom stereocenters. The summed E-state index contributed by atoms with van der Waals surface area (Å²) in [5, 5.41) is 18.2. The van der Waals surface area contributed by atoms with Crippen LogP contribution in [0.4, 0.5) is 15.4 Å². The van der Waals surface area contributed by atoms with Crippen molar-refractivity contribution in [1.29, 1.82) is 0 Å². The Balaban J connectivity index is 1.68. The van der Waals surface area contributed by atoms with E-state index >= 15 is 0 Å². The van der Waals surface area contributed by atoms with Crippen LogP contribution in [-0.2, 0) is 11.2 Å². The van der Waals surface area contributed by atoms with E-state index in [0.717, 1.165) is 17.4 Å². The molecular weight excluding hydrogens is 510 g/mol. The SMILES string of the molecule is CC(C)CCNC(=O)Nc1nnc(C(=O)N2CCNCC2)cc1Cc1cn(C(=O)OC(C)(C)C)c2ccccc12. The molecule has 0 spiro atoms. The lowest BCUT2D eigenvalue weighted by Gasteiger charge is -2.27. The number of nitrogens with one attached hydrogen (secondary N) is 3. The molecule has 214 valence electrons. The second kappa shape index (κ2) is 12.5. The average Bonchev–Trinajstić information content (AvgIpc) is 3.27. The van der Waals surface area contributed by atoms with E-state index in [-0.39, 0.29) is 17.4 Å². The number of carbonyl (C=O) groups excluding carboxylic acids is 3. The van der Waals surface area contributed by atoms with Crippen molar-refractivity contribution >= 4 is 34.8 Å². The molecule has 40 heavy (non-hydrogen) atoms. The fourth-order valence-corrected chi connectivity index (χ4v) is 4.49. The Hall–Kier alpha value is -3.99. The number of fused-ring (bicyclic) bond motifs is 1. The lowest BCUT2D eigenvalue weighted by molar-refractivity contribution is 0.0544. The first-order valence-corrected chi connectivity index (χ1v) is 13.8. The Morgan fingerprint density at radius 3 is 2.50 bits per heavy atom. The maximum Gasteiger partial charge on any atom is 0.419 e. The highest BCUT2D eigenvalue weighted by molar-refractivity contribution is 5.95. The van der Waals surface area contributed by atoms with Crippen molar-refractivity contribution in [2.24, 2.45) is 5.92 Å². The average molecular weight is 550 g/mol. The van der Waals surface area contributed by atoms with Gasteiger partial charge in [0.2, 0.25) is 0 Å². The summed E-state index contributed by atoms with van der Waals surface area (Å²) in [6, 6.07) is 8.83. The molecule has 4 rings (SSSR count). The van der Waals surface area contributed by atoms with Crippen molar-refractivity contribution in [1.82, 2.24) is 30.3 Å². The molecule has 11 heteroatoms. The number of amides is 3. The quantitative estimate of drug-likeness (QED) is 0.406. The van der Waals surface area contributed by atoms with Gasteiger partial charge in [0.15, 0.2) is 11.5 Å². The van der Waals surface area contributed by atoms with Crippen LogP contribution in [0.15, 0.2) is 36.5 Å². The second-order valence-electron chi connectivity index (χ2n) is 11.4. The Kier molecular flexibility index (Phi) is 9.03. The number of anilines is 1. The molecule has 1 aromatic carbocycles. The minimum atomic E-state index is -0.656. The van der Waals surface area contributed by atoms with Gasteiger partial charge in [0.05, 0.1) is 5.52 Å². The predicted molar refractivity (Wildman–Crippen MR) is 154 cm³/mol. The first kappa shape index (κ1) is 29.0. The van der Waals surface area contributed by atoms with E-state index in [9.17, 15) is 14.4 Å². The third-order valence-electron chi connectivity index (χ3n) is 6.50. The molecule has 1 aliphatic rings. The molecule has 1 aliphatic heterocycles. The van der Waals surface area contributed by atoms with Crippen molar-refractivity contribution in [3.05, 3.63) is 53.3 Å². The highest BCUT2D eigenvalue weighted by atomic mass is 16.6. The first-order valence-electron chi connectivity index (χ1n) is 13.8. The number of aromatic nitrogens is 3. The van der Waals surface area contributed by atoms with E-state index in [4.69, 9.17) is 4.74 Å². The normalized spacial score (nSPS) is 13.9. The second-order valence-corrected chi connectivity index (χ2v) is 11.4. The summed E-state index contributed by atoms with van der Waals surface area (Å²) < 4.78 is 7.11. The van der Waals surface area contributed by atoms with E-state index in [1.807, 2.05) is 45.0 Å². The van der Waals surface area contributed by atoms with Crippen LogP contribution >= 0.6 is 0 Å². The van der Waals surface area contributed by atoms with Gasteiger partial charge in [-0.25, -0.2) is 9.59 Å². The number of benzene rings is 1. The number of carbonyl (C=O) groups is 3. The van der Waals surface area contributed by atoms with Gasteiger partial charge in [-0.15, -0.1) is 10.2 Å². The van der Waals surface area contributed by atoms with Gasteiger partial charge in [-0.3, -0.25) is 14.7 Å². The van der Waals surface area contributed by atoms with Crippen molar-refractivity contribution in [3.8, 4) is 0 Å². The summed E-state index contributed by atoms with van der Waals surface area (Å²) in [5.41, 5.74) is 1.68. The number of nitrogens with zero attached hydrogens (tertiary/aromatic N) is 4. The zero-order valence-corrected chi connectivity index (χ0v) is 23.9. The molecule has 3 heterocycles. The summed E-state index contributed by atoms with van der Waals surface area (Å²) in [6.07, 6.45) is 2.40. The minimum Gasteiger partial charge on any atom is -0.443 e. The van der Waals surface area contributed by atoms with E-state index in [1.165, 1.54) is 4.57 Å². The van der Waals surface area contributed by atoms with Gasteiger partial charge < -0.3 is 20.3 Å². The van der Waals surface area contributed by atoms with Crippen LogP contribution < -0.4 is 16.0 Å². The Labute approximate surface area is 234 Å². The Morgan fingerprint density at radius 1 is 1.07 bits per heavy atom. The maximum atomic E-state index is 13.2. The lowest BCUT2D eigenvalue weighted by atomic mass is 10.0. The maximum absolute atomic E-state index is 13.2. The Bertz CT molecular complexity index is 1370. The van der Waals surface area contributed by atoms with Crippen molar-refractivity contribution in [2.75, 3.05) is 38.0 Å². The van der Waals surface area contributed by atoms with Crippen molar-refractivity contribution < 1.29 is 19.1 Å². The number of para-hydroxylation sites is 1. The van der Waals surface area contributed by atoms with Gasteiger partial charge in [-0.2, -0.15) is 0 Å². The molecule has 3 N–H and O–H groups in total. The van der Waals surface area contributed by atoms with Crippen LogP contribution in [0.25, 0.3) is 10.9 Å². The topological polar surface area (TPSA) is 130 Å². The summed E-state index contributed by atoms with van der Waals surface area (Å²) in [5.74, 6) is 0.501. The number of hydrogen-bond donors (Lipinski definition) is 3. The summed E-state index contributed by atoms with van der Waals surface area (Å²) in [6.45, 7) is 12.8. The molecule has 11 nitrogen and oxygen atoms in total. The van der Waals surface area contributed by atoms with E-state index in [1.54, 1.807) is 17.2 Å². The summed E-state index contributed by atoms with van der Waals surface area (Å²) in [7, 11) is 0. The van der Waals surface area contributed by atoms with Crippen LogP contribution in [0, 0.1) is 5.92 Å². The molecule has 3 aromatic rings. The minimum absolute atomic E-state index is 0.207. The van der Waals surface area contributed by atoms with Crippen LogP contribution in [0.5, 0.6) is 0 Å². The van der Waals surface area contributed by atoms with Gasteiger partial charge in [-0.1, -0.05) is 32.0 Å². The van der Waals surface area contributed by atoms with Crippen LogP contribution in [0.3, 0.4) is 0 Å². The molecule has 0 unspecified atom stereocenters. The first-order chi connectivity index (χ1) is 19.0. The molecule has 0 bridgehead atoms. The van der Waals surface area contributed by atoms with Crippen LogP contribution in [0.2, 0.25) is 0 Å². The fraction of sp³-hybridized carbons (Fsp3) is 0.483. The van der Waals surface area contributed by atoms with Crippen LogP contribution in [0.1, 0.15) is 62.7 Å². The molecule has 2 aromatic heterocycles. The highest BCUT2D eigenvalue weighted by Crippen LogP contribution is 2.27.